The molecule has 0 amide bonds. The van der Waals surface area contributed by atoms with Crippen LogP contribution in [-0.2, 0) is 0 Å². The van der Waals surface area contributed by atoms with E-state index in [4.69, 9.17) is 2.74 Å². The molecule has 12 rings (SSSR count). The third kappa shape index (κ3) is 5.10. The summed E-state index contributed by atoms with van der Waals surface area (Å²) < 4.78 is 71.1. The number of thiophene rings is 1. The van der Waals surface area contributed by atoms with Crippen LogP contribution in [0.1, 0.15) is 9.60 Å². The molecule has 0 aliphatic heterocycles. The van der Waals surface area contributed by atoms with Gasteiger partial charge in [0.2, 0.25) is 0 Å². The second-order valence-corrected chi connectivity index (χ2v) is 15.5. The van der Waals surface area contributed by atoms with E-state index in [0.717, 1.165) is 69.9 Å². The summed E-state index contributed by atoms with van der Waals surface area (Å²) in [4.78, 5) is 0. The molecule has 12 aromatic rings. The Kier molecular flexibility index (Phi) is 5.74. The number of hydrogen-bond donors (Lipinski definition) is 0. The first-order chi connectivity index (χ1) is 31.2. The van der Waals surface area contributed by atoms with Crippen LogP contribution in [0.5, 0.6) is 0 Å². The predicted molar refractivity (Wildman–Crippen MR) is 244 cm³/mol. The third-order valence-corrected chi connectivity index (χ3v) is 12.3. The molecule has 0 N–H and O–H groups in total. The van der Waals surface area contributed by atoms with Gasteiger partial charge in [-0.25, -0.2) is 0 Å². The van der Waals surface area contributed by atoms with Gasteiger partial charge in [-0.15, -0.1) is 11.3 Å². The lowest BCUT2D eigenvalue weighted by Crippen LogP contribution is -1.95. The molecule has 0 saturated heterocycles. The second kappa shape index (κ2) is 12.7. The fraction of sp³-hybridized carbons (Fsp3) is 0. The Morgan fingerprint density at radius 3 is 1.84 bits per heavy atom. The summed E-state index contributed by atoms with van der Waals surface area (Å²) in [6.07, 6.45) is 0. The van der Waals surface area contributed by atoms with Crippen molar-refractivity contribution in [1.82, 2.24) is 9.13 Å². The van der Waals surface area contributed by atoms with Crippen molar-refractivity contribution in [2.75, 3.05) is 0 Å². The van der Waals surface area contributed by atoms with E-state index in [1.165, 1.54) is 0 Å². The topological polar surface area (TPSA) is 9.86 Å². The van der Waals surface area contributed by atoms with Crippen LogP contribution in [0.3, 0.4) is 0 Å². The van der Waals surface area contributed by atoms with Crippen LogP contribution in [0.25, 0.3) is 109 Å². The first-order valence-corrected chi connectivity index (χ1v) is 19.8. The van der Waals surface area contributed by atoms with Crippen molar-refractivity contribution in [3.05, 3.63) is 206 Å². The van der Waals surface area contributed by atoms with Gasteiger partial charge in [0, 0.05) is 53.1 Å². The van der Waals surface area contributed by atoms with E-state index in [0.29, 0.717) is 11.3 Å². The summed E-state index contributed by atoms with van der Waals surface area (Å²) in [7, 11) is 0. The molecule has 0 aliphatic carbocycles. The average Bonchev–Trinajstić information content (AvgIpc) is 4.00. The molecule has 0 saturated carbocycles. The number of hydrogen-bond acceptors (Lipinski definition) is 1. The minimum absolute atomic E-state index is 0.0715. The van der Waals surface area contributed by atoms with Crippen molar-refractivity contribution in [1.29, 1.82) is 0 Å². The maximum Gasteiger partial charge on any atom is 0.0645 e. The van der Waals surface area contributed by atoms with Crippen LogP contribution >= 0.6 is 11.3 Å². The van der Waals surface area contributed by atoms with Gasteiger partial charge < -0.3 is 9.13 Å². The summed E-state index contributed by atoms with van der Waals surface area (Å²) in [5, 5.41) is 4.42. The molecule has 9 aromatic carbocycles. The number of aromatic nitrogens is 2. The molecule has 3 aromatic heterocycles. The molecule has 0 unspecified atom stereocenters. The van der Waals surface area contributed by atoms with Gasteiger partial charge in [0.05, 0.1) is 31.7 Å². The largest absolute Gasteiger partial charge is 0.309 e. The third-order valence-electron chi connectivity index (χ3n) is 11.2. The van der Waals surface area contributed by atoms with E-state index < -0.39 is 12.1 Å². The zero-order valence-electron chi connectivity index (χ0n) is 37.4. The monoisotopic (exact) mass is 749 g/mol. The molecule has 3 heteroatoms. The van der Waals surface area contributed by atoms with Crippen molar-refractivity contribution < 1.29 is 9.60 Å². The Balaban J connectivity index is 1.12. The Morgan fingerprint density at radius 2 is 0.982 bits per heavy atom. The van der Waals surface area contributed by atoms with Crippen molar-refractivity contribution in [2.45, 2.75) is 0 Å². The predicted octanol–water partition coefficient (Wildman–Crippen LogP) is 15.2. The van der Waals surface area contributed by atoms with Gasteiger partial charge in [0.15, 0.2) is 0 Å². The van der Waals surface area contributed by atoms with Gasteiger partial charge in [-0.05, 0) is 100 Å². The van der Waals surface area contributed by atoms with Crippen LogP contribution in [0, 0.1) is 0 Å². The molecule has 0 atom stereocenters. The van der Waals surface area contributed by atoms with Crippen LogP contribution in [0.15, 0.2) is 206 Å². The van der Waals surface area contributed by atoms with Gasteiger partial charge in [-0.3, -0.25) is 0 Å². The Morgan fingerprint density at radius 1 is 0.333 bits per heavy atom. The molecule has 0 bridgehead atoms. The van der Waals surface area contributed by atoms with Crippen LogP contribution in [0.2, 0.25) is 0 Å². The molecule has 57 heavy (non-hydrogen) atoms. The zero-order valence-corrected chi connectivity index (χ0v) is 31.2. The molecule has 0 radical (unpaired) electrons. The summed E-state index contributed by atoms with van der Waals surface area (Å²) in [6, 6.07) is 53.7. The average molecular weight is 750 g/mol. The maximum absolute atomic E-state index is 9.93. The first-order valence-electron chi connectivity index (χ1n) is 22.4. The lowest BCUT2D eigenvalue weighted by Gasteiger charge is -2.12. The molecule has 3 heterocycles. The Labute approximate surface area is 343 Å². The van der Waals surface area contributed by atoms with E-state index in [9.17, 15) is 6.85 Å². The molecule has 2 nitrogen and oxygen atoms in total. The summed E-state index contributed by atoms with van der Waals surface area (Å²) in [5.41, 5.74) is 8.99. The van der Waals surface area contributed by atoms with Crippen molar-refractivity contribution in [3.8, 4) is 44.8 Å². The van der Waals surface area contributed by atoms with E-state index in [1.54, 1.807) is 15.9 Å². The maximum atomic E-state index is 9.93. The highest BCUT2D eigenvalue weighted by Gasteiger charge is 2.18. The lowest BCUT2D eigenvalue weighted by molar-refractivity contribution is 1.18. The van der Waals surface area contributed by atoms with Crippen LogP contribution in [0.4, 0.5) is 0 Å². The molecule has 0 spiro atoms. The van der Waals surface area contributed by atoms with Crippen molar-refractivity contribution in [2.24, 2.45) is 0 Å². The molecule has 0 fully saturated rings. The Hall–Kier alpha value is -7.20. The van der Waals surface area contributed by atoms with Gasteiger partial charge >= 0.3 is 0 Å². The van der Waals surface area contributed by atoms with Gasteiger partial charge in [0.25, 0.3) is 0 Å². The number of rotatable bonds is 5. The number of para-hydroxylation sites is 1. The van der Waals surface area contributed by atoms with Crippen molar-refractivity contribution in [3.63, 3.8) is 0 Å². The fourth-order valence-electron chi connectivity index (χ4n) is 8.49. The molecule has 0 aliphatic rings. The first kappa shape index (κ1) is 25.8. The van der Waals surface area contributed by atoms with Crippen molar-refractivity contribution >= 4 is 75.1 Å². The summed E-state index contributed by atoms with van der Waals surface area (Å²) in [5.74, 6) is 0. The normalized spacial score (nSPS) is 13.6. The molecular formula is C54H34N2S. The summed E-state index contributed by atoms with van der Waals surface area (Å²) in [6.45, 7) is 0. The highest BCUT2D eigenvalue weighted by molar-refractivity contribution is 7.25. The molecular weight excluding hydrogens is 709 g/mol. The SMILES string of the molecule is [2H]c1c([2H])c([2H])c2c(c1[2H])c1c([2H])c(-c3ccc4c(c3)c3ccc(-c5ccccc5)cc3n4-c3cccc(-c4ccccc4)c3)c([2H])c([2H])c1n2-c1ccc2c(c1)sc1ccccc12. The Bertz CT molecular complexity index is 3930. The standard InChI is InChI=1S/C54H34N2S/c1-3-12-35(13-4-1)37-16-11-17-41(30-37)56-51-29-24-39(32-48(51)44-26-22-40(33-52(44)56)36-14-5-2-6-15-36)38-23-28-50-47(31-38)43-18-7-9-20-49(43)55(50)42-25-27-46-45-19-8-10-21-53(45)57-54(46)34-42/h1-34H/i7D,9D,18D,20D,23D,28D,31D. The lowest BCUT2D eigenvalue weighted by atomic mass is 9.99. The highest BCUT2D eigenvalue weighted by Crippen LogP contribution is 2.41. The second-order valence-electron chi connectivity index (χ2n) is 14.4. The quantitative estimate of drug-likeness (QED) is 0.166. The number of fused-ring (bicyclic) bond motifs is 9. The minimum Gasteiger partial charge on any atom is -0.309 e. The number of benzene rings is 9. The summed E-state index contributed by atoms with van der Waals surface area (Å²) >= 11 is 1.62. The van der Waals surface area contributed by atoms with Gasteiger partial charge in [-0.2, -0.15) is 0 Å². The fourth-order valence-corrected chi connectivity index (χ4v) is 9.63. The van der Waals surface area contributed by atoms with E-state index >= 15 is 0 Å². The van der Waals surface area contributed by atoms with E-state index in [1.807, 2.05) is 84.9 Å². The van der Waals surface area contributed by atoms with E-state index in [2.05, 4.69) is 83.4 Å². The number of nitrogens with zero attached hydrogens (tertiary/aromatic N) is 2. The zero-order chi connectivity index (χ0) is 43.5. The van der Waals surface area contributed by atoms with E-state index in [-0.39, 0.29) is 57.6 Å². The van der Waals surface area contributed by atoms with Gasteiger partial charge in [0.1, 0.15) is 0 Å². The van der Waals surface area contributed by atoms with Crippen LogP contribution in [-0.4, -0.2) is 9.13 Å². The molecule has 266 valence electrons. The van der Waals surface area contributed by atoms with Crippen LogP contribution < -0.4 is 0 Å². The highest BCUT2D eigenvalue weighted by atomic mass is 32.1. The smallest absolute Gasteiger partial charge is 0.0645 e. The van der Waals surface area contributed by atoms with Gasteiger partial charge in [-0.1, -0.05) is 139 Å². The minimum atomic E-state index is -0.417.